The van der Waals surface area contributed by atoms with Gasteiger partial charge in [0.05, 0.1) is 0 Å². The lowest BCUT2D eigenvalue weighted by molar-refractivity contribution is 0.0635. The first-order valence-corrected chi connectivity index (χ1v) is 14.9. The van der Waals surface area contributed by atoms with Gasteiger partial charge >= 0.3 is 19.2 Å². The van der Waals surface area contributed by atoms with Gasteiger partial charge in [-0.25, -0.2) is 9.59 Å². The molecule has 11 heteroatoms. The molecule has 44 heavy (non-hydrogen) atoms. The summed E-state index contributed by atoms with van der Waals surface area (Å²) >= 11 is 0. The number of benzene rings is 3. The quantitative estimate of drug-likeness (QED) is 0.313. The van der Waals surface area contributed by atoms with Crippen molar-refractivity contribution < 1.29 is 32.0 Å². The van der Waals surface area contributed by atoms with Crippen LogP contribution in [0.3, 0.4) is 0 Å². The van der Waals surface area contributed by atoms with E-state index in [0.717, 1.165) is 22.3 Å². The molecular weight excluding hydrogens is 570 g/mol. The molecule has 3 aromatic carbocycles. The van der Waals surface area contributed by atoms with E-state index in [-0.39, 0.29) is 35.9 Å². The van der Waals surface area contributed by atoms with Crippen molar-refractivity contribution in [1.82, 2.24) is 9.80 Å². The first-order valence-electron chi connectivity index (χ1n) is 14.9. The summed E-state index contributed by atoms with van der Waals surface area (Å²) < 4.78 is 53.7. The molecule has 7 nitrogen and oxygen atoms in total. The summed E-state index contributed by atoms with van der Waals surface area (Å²) in [5, 5.41) is 2.52. The van der Waals surface area contributed by atoms with E-state index in [9.17, 15) is 22.5 Å². The van der Waals surface area contributed by atoms with Crippen molar-refractivity contribution in [2.75, 3.05) is 38.1 Å². The largest absolute Gasteiger partial charge is 0.510 e. The van der Waals surface area contributed by atoms with Crippen LogP contribution < -0.4 is 10.8 Å². The maximum absolute atomic E-state index is 14.2. The normalized spacial score (nSPS) is 15.5. The Kier molecular flexibility index (Phi) is 8.71. The molecule has 0 unspecified atom stereocenters. The zero-order valence-corrected chi connectivity index (χ0v) is 25.8. The number of anilines is 1. The number of carbonyl (C=O) groups is 2. The van der Waals surface area contributed by atoms with Gasteiger partial charge in [0.1, 0.15) is 12.2 Å². The highest BCUT2D eigenvalue weighted by molar-refractivity contribution is 6.74. The zero-order chi connectivity index (χ0) is 31.8. The summed E-state index contributed by atoms with van der Waals surface area (Å²) in [6.07, 6.45) is -1.21. The number of ether oxygens (including phenoxy) is 2. The Hall–Kier alpha value is -3.99. The predicted molar refractivity (Wildman–Crippen MR) is 166 cm³/mol. The number of fused-ring (bicyclic) bond motifs is 3. The number of nitrogens with one attached hydrogen (secondary N) is 1. The number of piperazine rings is 1. The monoisotopic (exact) mass is 608 g/mol. The highest BCUT2D eigenvalue weighted by Crippen LogP contribution is 2.44. The van der Waals surface area contributed by atoms with Crippen LogP contribution in [0.15, 0.2) is 54.6 Å². The van der Waals surface area contributed by atoms with E-state index in [2.05, 4.69) is 29.6 Å². The van der Waals surface area contributed by atoms with Crippen LogP contribution in [0.25, 0.3) is 11.1 Å². The van der Waals surface area contributed by atoms with E-state index < -0.39 is 30.2 Å². The molecule has 1 N–H and O–H groups in total. The van der Waals surface area contributed by atoms with Gasteiger partial charge in [-0.05, 0) is 68.5 Å². The summed E-state index contributed by atoms with van der Waals surface area (Å²) in [4.78, 5) is 29.1. The van der Waals surface area contributed by atoms with Gasteiger partial charge in [0, 0.05) is 44.3 Å². The summed E-state index contributed by atoms with van der Waals surface area (Å²) in [7, 11) is 0. The predicted octanol–water partition coefficient (Wildman–Crippen LogP) is 6.77. The van der Waals surface area contributed by atoms with Gasteiger partial charge < -0.3 is 27.3 Å². The van der Waals surface area contributed by atoms with Gasteiger partial charge in [-0.15, -0.1) is 5.46 Å². The SMILES string of the molecule is Cc1c(CN2CCN(C(=O)OCC3c4ccccc4-c4ccccc43)CC2)cc(NC(=O)OC(C)(C)C)c(C)c1[B-](F)(F)F. The van der Waals surface area contributed by atoms with E-state index in [1.807, 2.05) is 29.2 Å². The maximum atomic E-state index is 14.2. The van der Waals surface area contributed by atoms with Crippen LogP contribution in [-0.4, -0.2) is 67.4 Å². The fourth-order valence-electron chi connectivity index (χ4n) is 6.20. The van der Waals surface area contributed by atoms with Crippen LogP contribution in [0, 0.1) is 13.8 Å². The second-order valence-electron chi connectivity index (χ2n) is 12.5. The standard InChI is InChI=1S/C33H38BF3N3O4/c1-21-23(18-29(22(2)30(21)34(35,36)37)38-31(41)44-33(3,4)5)19-39-14-16-40(17-15-39)32(42)43-20-28-26-12-8-6-10-24(26)25-11-7-9-13-27(25)28/h6-13,18,28H,14-17,19-20H2,1-5H3,(H,38,41)/q-1. The van der Waals surface area contributed by atoms with E-state index in [1.165, 1.54) is 13.8 Å². The number of amides is 2. The van der Waals surface area contributed by atoms with Crippen LogP contribution >= 0.6 is 0 Å². The topological polar surface area (TPSA) is 71.1 Å². The minimum atomic E-state index is -5.33. The van der Waals surface area contributed by atoms with Crippen molar-refractivity contribution in [1.29, 1.82) is 0 Å². The van der Waals surface area contributed by atoms with Gasteiger partial charge in [-0.2, -0.15) is 0 Å². The molecule has 5 rings (SSSR count). The van der Waals surface area contributed by atoms with Gasteiger partial charge in [0.2, 0.25) is 0 Å². The van der Waals surface area contributed by atoms with E-state index in [1.54, 1.807) is 31.7 Å². The molecule has 1 aliphatic heterocycles. The number of rotatable bonds is 6. The molecule has 0 spiro atoms. The summed E-state index contributed by atoms with van der Waals surface area (Å²) in [5.74, 6) is -0.0370. The maximum Gasteiger partial charge on any atom is 0.510 e. The van der Waals surface area contributed by atoms with Crippen molar-refractivity contribution in [3.05, 3.63) is 82.4 Å². The fourth-order valence-corrected chi connectivity index (χ4v) is 6.20. The Morgan fingerprint density at radius 3 is 2.02 bits per heavy atom. The van der Waals surface area contributed by atoms with Crippen LogP contribution in [0.5, 0.6) is 0 Å². The lowest BCUT2D eigenvalue weighted by Crippen LogP contribution is -2.49. The second-order valence-corrected chi connectivity index (χ2v) is 12.5. The van der Waals surface area contributed by atoms with Crippen LogP contribution in [0.2, 0.25) is 0 Å². The second kappa shape index (κ2) is 12.2. The Labute approximate surface area is 256 Å². The molecule has 1 fully saturated rings. The number of hydrogen-bond donors (Lipinski definition) is 1. The zero-order valence-electron chi connectivity index (χ0n) is 25.8. The Bertz CT molecular complexity index is 1520. The molecule has 0 saturated carbocycles. The fraction of sp³-hybridized carbons (Fsp3) is 0.394. The number of hydrogen-bond acceptors (Lipinski definition) is 5. The lowest BCUT2D eigenvalue weighted by atomic mass is 9.72. The summed E-state index contributed by atoms with van der Waals surface area (Å²) in [6.45, 7) is 4.76. The summed E-state index contributed by atoms with van der Waals surface area (Å²) in [6, 6.07) is 17.9. The number of nitrogens with zero attached hydrogens (tertiary/aromatic N) is 2. The summed E-state index contributed by atoms with van der Waals surface area (Å²) in [5.41, 5.74) is 3.73. The van der Waals surface area contributed by atoms with Crippen LogP contribution in [0.4, 0.5) is 28.2 Å². The molecule has 1 saturated heterocycles. The molecule has 0 bridgehead atoms. The molecule has 0 atom stereocenters. The van der Waals surface area contributed by atoms with E-state index in [0.29, 0.717) is 31.7 Å². The molecule has 1 heterocycles. The highest BCUT2D eigenvalue weighted by Gasteiger charge is 2.33. The first kappa shape index (κ1) is 31.4. The molecule has 234 valence electrons. The van der Waals surface area contributed by atoms with Crippen molar-refractivity contribution in [2.45, 2.75) is 52.7 Å². The molecule has 1 aliphatic carbocycles. The molecule has 0 radical (unpaired) electrons. The number of carbonyl (C=O) groups excluding carboxylic acids is 2. The third kappa shape index (κ3) is 6.72. The van der Waals surface area contributed by atoms with Crippen molar-refractivity contribution in [3.8, 4) is 11.1 Å². The Morgan fingerprint density at radius 2 is 1.48 bits per heavy atom. The molecule has 2 aliphatic rings. The van der Waals surface area contributed by atoms with E-state index in [4.69, 9.17) is 9.47 Å². The van der Waals surface area contributed by atoms with Gasteiger partial charge in [-0.1, -0.05) is 59.7 Å². The van der Waals surface area contributed by atoms with E-state index >= 15 is 0 Å². The van der Waals surface area contributed by atoms with Gasteiger partial charge in [-0.3, -0.25) is 10.2 Å². The number of halogens is 3. The smallest absolute Gasteiger partial charge is 0.448 e. The first-order chi connectivity index (χ1) is 20.7. The highest BCUT2D eigenvalue weighted by atomic mass is 19.4. The molecule has 3 aromatic rings. The van der Waals surface area contributed by atoms with Crippen molar-refractivity contribution in [3.63, 3.8) is 0 Å². The average molecular weight is 608 g/mol. The Balaban J connectivity index is 1.23. The van der Waals surface area contributed by atoms with Crippen LogP contribution in [-0.2, 0) is 16.0 Å². The minimum absolute atomic E-state index is 0.0370. The minimum Gasteiger partial charge on any atom is -0.448 e. The molecular formula is C33H38BF3N3O4-. The van der Waals surface area contributed by atoms with Gasteiger partial charge in [0.15, 0.2) is 0 Å². The lowest BCUT2D eigenvalue weighted by Gasteiger charge is -2.35. The Morgan fingerprint density at radius 1 is 0.909 bits per heavy atom. The third-order valence-electron chi connectivity index (χ3n) is 8.34. The third-order valence-corrected chi connectivity index (χ3v) is 8.34. The van der Waals surface area contributed by atoms with Gasteiger partial charge in [0.25, 0.3) is 0 Å². The van der Waals surface area contributed by atoms with Crippen molar-refractivity contribution >= 4 is 30.3 Å². The average Bonchev–Trinajstić information content (AvgIpc) is 3.26. The van der Waals surface area contributed by atoms with Crippen LogP contribution in [0.1, 0.15) is 54.5 Å². The molecule has 2 amide bonds. The molecule has 0 aromatic heterocycles. The van der Waals surface area contributed by atoms with Crippen molar-refractivity contribution in [2.24, 2.45) is 0 Å².